The molecule has 6 heteroatoms. The summed E-state index contributed by atoms with van der Waals surface area (Å²) >= 11 is 5.68. The van der Waals surface area contributed by atoms with Crippen LogP contribution in [0.1, 0.15) is 16.8 Å². The third kappa shape index (κ3) is 2.95. The molecule has 0 amide bonds. The molecule has 1 atom stereocenters. The number of hydrogen-bond acceptors (Lipinski definition) is 4. The highest BCUT2D eigenvalue weighted by atomic mass is 35.5. The zero-order valence-electron chi connectivity index (χ0n) is 8.37. The third-order valence-electron chi connectivity index (χ3n) is 2.06. The average molecular weight is 244 g/mol. The van der Waals surface area contributed by atoms with Crippen molar-refractivity contribution in [3.05, 3.63) is 28.8 Å². The van der Waals surface area contributed by atoms with Crippen LogP contribution in [0.3, 0.4) is 0 Å². The van der Waals surface area contributed by atoms with Gasteiger partial charge in [0.2, 0.25) is 0 Å². The first-order valence-electron chi connectivity index (χ1n) is 4.51. The quantitative estimate of drug-likeness (QED) is 0.443. The lowest BCUT2D eigenvalue weighted by Gasteiger charge is -2.05. The van der Waals surface area contributed by atoms with E-state index >= 15 is 0 Å². The first-order chi connectivity index (χ1) is 7.41. The maximum Gasteiger partial charge on any atom is 0.533 e. The van der Waals surface area contributed by atoms with E-state index in [9.17, 15) is 9.59 Å². The second-order valence-corrected chi connectivity index (χ2v) is 3.77. The number of carbonyl (C=O) groups is 2. The van der Waals surface area contributed by atoms with Gasteiger partial charge < -0.3 is 16.6 Å². The van der Waals surface area contributed by atoms with Gasteiger partial charge in [0.1, 0.15) is 0 Å². The van der Waals surface area contributed by atoms with Crippen molar-refractivity contribution in [3.63, 3.8) is 0 Å². The third-order valence-corrected chi connectivity index (χ3v) is 2.29. The molecule has 1 aromatic carbocycles. The fourth-order valence-corrected chi connectivity index (χ4v) is 1.37. The fraction of sp³-hybridized carbons (Fsp3) is 0.200. The Morgan fingerprint density at radius 3 is 2.56 bits per heavy atom. The van der Waals surface area contributed by atoms with Crippen LogP contribution in [0.2, 0.25) is 5.02 Å². The van der Waals surface area contributed by atoms with Crippen LogP contribution < -0.4 is 11.5 Å². The van der Waals surface area contributed by atoms with Gasteiger partial charge >= 0.3 is 5.97 Å². The van der Waals surface area contributed by atoms with Crippen molar-refractivity contribution in [2.45, 2.75) is 12.5 Å². The Bertz CT molecular complexity index is 434. The van der Waals surface area contributed by atoms with Crippen LogP contribution in [-0.4, -0.2) is 22.9 Å². The summed E-state index contributed by atoms with van der Waals surface area (Å²) in [5.74, 6) is -1.34. The summed E-state index contributed by atoms with van der Waals surface area (Å²) in [5, 5.41) is 7.18. The van der Waals surface area contributed by atoms with Gasteiger partial charge in [0.15, 0.2) is 11.8 Å². The topological polar surface area (TPSA) is 109 Å². The largest absolute Gasteiger partial charge is 0.564 e. The zero-order chi connectivity index (χ0) is 12.3. The predicted octanol–water partition coefficient (Wildman–Crippen LogP) is 0.0735. The number of rotatable bonds is 4. The number of ketones is 1. The number of halogens is 1. The summed E-state index contributed by atoms with van der Waals surface area (Å²) in [6, 6.07) is 3.34. The Morgan fingerprint density at radius 1 is 1.44 bits per heavy atom. The number of carbonyl (C=O) groups excluding carboxylic acids is 2. The molecule has 0 bridgehead atoms. The highest BCUT2D eigenvalue weighted by Crippen LogP contribution is 2.19. The van der Waals surface area contributed by atoms with Gasteiger partial charge in [-0.2, -0.15) is 0 Å². The number of nitrogens with two attached hydrogens (primary N) is 2. The van der Waals surface area contributed by atoms with Gasteiger partial charge in [-0.1, -0.05) is 11.6 Å². The van der Waals surface area contributed by atoms with Crippen LogP contribution in [0, 0.1) is 0 Å². The smallest absolute Gasteiger partial charge is 0.533 e. The second kappa shape index (κ2) is 4.96. The van der Waals surface area contributed by atoms with E-state index in [0.29, 0.717) is 5.02 Å². The summed E-state index contributed by atoms with van der Waals surface area (Å²) in [6.45, 7) is 0. The van der Waals surface area contributed by atoms with Crippen molar-refractivity contribution >= 4 is 29.0 Å². The van der Waals surface area contributed by atoms with Gasteiger partial charge in [-0.3, -0.25) is 4.79 Å². The minimum absolute atomic E-state index is 0.228. The van der Waals surface area contributed by atoms with Crippen LogP contribution in [0.25, 0.3) is 0 Å². The molecule has 0 aromatic heterocycles. The lowest BCUT2D eigenvalue weighted by Crippen LogP contribution is -2.32. The molecule has 0 spiro atoms. The monoisotopic (exact) mass is 243 g/mol. The zero-order valence-corrected chi connectivity index (χ0v) is 9.12. The van der Waals surface area contributed by atoms with E-state index in [1.54, 1.807) is 0 Å². The molecular formula is C10H12ClN2O3+. The van der Waals surface area contributed by atoms with Gasteiger partial charge in [0.05, 0.1) is 0 Å². The summed E-state index contributed by atoms with van der Waals surface area (Å²) in [4.78, 5) is 22.2. The lowest BCUT2D eigenvalue weighted by molar-refractivity contribution is -0.138. The van der Waals surface area contributed by atoms with Crippen LogP contribution in [0.4, 0.5) is 5.69 Å². The standard InChI is InChI=1S/C10H11ClN2O3/c11-5-1-2-6(7(12)3-5)9(14)4-8(13)10(15)16/h1-3,8H,4,12-13H2,(H,15,16)/p+1/t8-/m0/s1. The van der Waals surface area contributed by atoms with Crippen molar-refractivity contribution < 1.29 is 14.7 Å². The Hall–Kier alpha value is -1.59. The minimum Gasteiger partial charge on any atom is -0.564 e. The summed E-state index contributed by atoms with van der Waals surface area (Å²) in [5.41, 5.74) is 11.4. The number of Topliss-reactive ketones (excluding diaryl/α,β-unsaturated/α-hetero) is 1. The summed E-state index contributed by atoms with van der Waals surface area (Å²) in [7, 11) is 0. The highest BCUT2D eigenvalue weighted by molar-refractivity contribution is 6.31. The molecule has 0 saturated heterocycles. The first kappa shape index (κ1) is 12.5. The summed E-state index contributed by atoms with van der Waals surface area (Å²) in [6.07, 6.45) is -0.228. The molecule has 1 rings (SSSR count). The molecule has 0 aliphatic heterocycles. The molecule has 6 N–H and O–H groups in total. The second-order valence-electron chi connectivity index (χ2n) is 3.33. The number of hydrogen-bond donors (Lipinski definition) is 2. The highest BCUT2D eigenvalue weighted by Gasteiger charge is 2.24. The Labute approximate surface area is 97.0 Å². The number of anilines is 1. The molecule has 0 heterocycles. The molecule has 0 aliphatic rings. The van der Waals surface area contributed by atoms with E-state index in [-0.39, 0.29) is 23.5 Å². The molecule has 0 fully saturated rings. The molecule has 0 aliphatic carbocycles. The van der Waals surface area contributed by atoms with Crippen molar-refractivity contribution in [3.8, 4) is 0 Å². The van der Waals surface area contributed by atoms with Crippen molar-refractivity contribution in [2.24, 2.45) is 5.73 Å². The van der Waals surface area contributed by atoms with Gasteiger partial charge in [0, 0.05) is 27.5 Å². The molecule has 86 valence electrons. The summed E-state index contributed by atoms with van der Waals surface area (Å²) < 4.78 is 0. The van der Waals surface area contributed by atoms with E-state index in [2.05, 4.69) is 0 Å². The molecule has 1 aromatic rings. The van der Waals surface area contributed by atoms with E-state index < -0.39 is 12.0 Å². The number of nitrogen functional groups attached to an aromatic ring is 1. The maximum absolute atomic E-state index is 11.7. The molecule has 0 unspecified atom stereocenters. The van der Waals surface area contributed by atoms with Gasteiger partial charge in [-0.15, -0.1) is 0 Å². The van der Waals surface area contributed by atoms with Crippen LogP contribution in [-0.2, 0) is 4.79 Å². The molecule has 0 saturated carbocycles. The van der Waals surface area contributed by atoms with Crippen molar-refractivity contribution in [1.29, 1.82) is 0 Å². The lowest BCUT2D eigenvalue weighted by atomic mass is 10.0. The van der Waals surface area contributed by atoms with Crippen LogP contribution in [0.15, 0.2) is 18.2 Å². The normalized spacial score (nSPS) is 12.1. The Morgan fingerprint density at radius 2 is 2.06 bits per heavy atom. The van der Waals surface area contributed by atoms with Gasteiger partial charge in [-0.05, 0) is 18.2 Å². The fourth-order valence-electron chi connectivity index (χ4n) is 1.19. The van der Waals surface area contributed by atoms with E-state index in [1.165, 1.54) is 18.2 Å². The van der Waals surface area contributed by atoms with Crippen LogP contribution in [0.5, 0.6) is 0 Å². The number of benzene rings is 1. The molecule has 0 radical (unpaired) electrons. The average Bonchev–Trinajstić information content (AvgIpc) is 2.16. The minimum atomic E-state index is -1.11. The SMILES string of the molecule is Nc1cc(Cl)ccc1C(=O)C[C@H](N)C(=O)[OH2+]. The van der Waals surface area contributed by atoms with Gasteiger partial charge in [0.25, 0.3) is 0 Å². The molecule has 16 heavy (non-hydrogen) atoms. The Kier molecular flexibility index (Phi) is 3.87. The van der Waals surface area contributed by atoms with E-state index in [4.69, 9.17) is 28.2 Å². The van der Waals surface area contributed by atoms with Crippen molar-refractivity contribution in [1.82, 2.24) is 0 Å². The van der Waals surface area contributed by atoms with Gasteiger partial charge in [-0.25, -0.2) is 0 Å². The molecular weight excluding hydrogens is 232 g/mol. The van der Waals surface area contributed by atoms with E-state index in [1.807, 2.05) is 0 Å². The maximum atomic E-state index is 11.7. The predicted molar refractivity (Wildman–Crippen MR) is 61.4 cm³/mol. The Balaban J connectivity index is 2.85. The van der Waals surface area contributed by atoms with Crippen LogP contribution >= 0.6 is 11.6 Å². The van der Waals surface area contributed by atoms with E-state index in [0.717, 1.165) is 0 Å². The molecule has 5 nitrogen and oxygen atoms in total. The van der Waals surface area contributed by atoms with Crippen molar-refractivity contribution in [2.75, 3.05) is 5.73 Å². The first-order valence-corrected chi connectivity index (χ1v) is 4.89.